The van der Waals surface area contributed by atoms with Crippen molar-refractivity contribution < 1.29 is 48.6 Å². The second-order valence-electron chi connectivity index (χ2n) is 6.51. The van der Waals surface area contributed by atoms with E-state index in [1.807, 2.05) is 10.6 Å². The van der Waals surface area contributed by atoms with Crippen molar-refractivity contribution in [3.8, 4) is 0 Å². The Bertz CT molecular complexity index is 846. The lowest BCUT2D eigenvalue weighted by atomic mass is 9.69. The number of imide groups is 2. The Morgan fingerprint density at radius 3 is 1.80 bits per heavy atom. The molecule has 0 atom stereocenters. The Kier molecular flexibility index (Phi) is 5.64. The number of carboxylic acid groups (broad SMARTS) is 2. The Morgan fingerprint density at radius 1 is 0.900 bits per heavy atom. The molecule has 30 heavy (non-hydrogen) atoms. The fourth-order valence-corrected chi connectivity index (χ4v) is 3.19. The maximum atomic E-state index is 12.2. The Morgan fingerprint density at radius 2 is 1.37 bits per heavy atom. The molecule has 1 spiro atoms. The van der Waals surface area contributed by atoms with Gasteiger partial charge in [-0.1, -0.05) is 0 Å². The van der Waals surface area contributed by atoms with E-state index in [1.165, 1.54) is 6.92 Å². The molecular formula is C16H18N4O10. The van der Waals surface area contributed by atoms with Crippen LogP contribution in [0.2, 0.25) is 0 Å². The molecule has 14 nitrogen and oxygen atoms in total. The maximum Gasteiger partial charge on any atom is 0.340 e. The van der Waals surface area contributed by atoms with E-state index < -0.39 is 64.8 Å². The standard InChI is InChI=1S/C16H18N4O10/c1-3-17-7(21)15(13(27)28,14(29)30)8(22)18-5-4-6-20-11(25)16(12(20)26)9(23)19(2)10(16)24/h3-6H2,1-2H3,(H,17,21)(H,18,22)(H,27,28)(H,29,30). The summed E-state index contributed by atoms with van der Waals surface area (Å²) in [5.74, 6) is -11.4. The fraction of sp³-hybridized carbons (Fsp3) is 0.500. The van der Waals surface area contributed by atoms with E-state index in [0.29, 0.717) is 9.80 Å². The third-order valence-electron chi connectivity index (χ3n) is 4.89. The summed E-state index contributed by atoms with van der Waals surface area (Å²) in [5, 5.41) is 22.4. The molecule has 2 rings (SSSR count). The Balaban J connectivity index is 1.98. The molecule has 0 aromatic rings. The highest BCUT2D eigenvalue weighted by molar-refractivity contribution is 6.52. The molecule has 0 aromatic carbocycles. The first-order valence-corrected chi connectivity index (χ1v) is 8.65. The average Bonchev–Trinajstić information content (AvgIpc) is 2.67. The number of likely N-dealkylation sites (tertiary alicyclic amines) is 2. The van der Waals surface area contributed by atoms with E-state index in [9.17, 15) is 48.6 Å². The molecule has 0 radical (unpaired) electrons. The smallest absolute Gasteiger partial charge is 0.340 e. The predicted molar refractivity (Wildman–Crippen MR) is 90.9 cm³/mol. The van der Waals surface area contributed by atoms with Crippen LogP contribution in [0.15, 0.2) is 0 Å². The third-order valence-corrected chi connectivity index (χ3v) is 4.89. The summed E-state index contributed by atoms with van der Waals surface area (Å²) < 4.78 is 0. The lowest BCUT2D eigenvalue weighted by Gasteiger charge is -2.51. The van der Waals surface area contributed by atoms with Crippen LogP contribution in [0.4, 0.5) is 0 Å². The SMILES string of the molecule is CCNC(=O)C(C(=O)O)(C(=O)O)C(=O)NCCCN1C(=O)C2(C(=O)N(C)C2=O)C1=O. The highest BCUT2D eigenvalue weighted by Crippen LogP contribution is 2.43. The van der Waals surface area contributed by atoms with Crippen LogP contribution in [0.3, 0.4) is 0 Å². The Labute approximate surface area is 168 Å². The van der Waals surface area contributed by atoms with Gasteiger partial charge in [0.25, 0.3) is 40.9 Å². The van der Waals surface area contributed by atoms with Crippen molar-refractivity contribution in [2.75, 3.05) is 26.7 Å². The van der Waals surface area contributed by atoms with Crippen molar-refractivity contribution >= 4 is 47.4 Å². The van der Waals surface area contributed by atoms with Gasteiger partial charge in [0.05, 0.1) is 0 Å². The van der Waals surface area contributed by atoms with E-state index >= 15 is 0 Å². The molecule has 2 aliphatic heterocycles. The first-order chi connectivity index (χ1) is 13.9. The largest absolute Gasteiger partial charge is 0.480 e. The van der Waals surface area contributed by atoms with Crippen molar-refractivity contribution in [2.24, 2.45) is 10.8 Å². The number of aliphatic carboxylic acids is 2. The third kappa shape index (κ3) is 2.63. The highest BCUT2D eigenvalue weighted by atomic mass is 16.4. The minimum absolute atomic E-state index is 0.123. The number of amides is 6. The molecule has 0 aliphatic carbocycles. The monoisotopic (exact) mass is 426 g/mol. The number of nitrogens with one attached hydrogen (secondary N) is 2. The summed E-state index contributed by atoms with van der Waals surface area (Å²) in [5.41, 5.74) is -5.74. The van der Waals surface area contributed by atoms with Gasteiger partial charge in [-0.2, -0.15) is 0 Å². The quantitative estimate of drug-likeness (QED) is 0.160. The van der Waals surface area contributed by atoms with E-state index in [4.69, 9.17) is 0 Å². The van der Waals surface area contributed by atoms with Gasteiger partial charge in [-0.15, -0.1) is 0 Å². The minimum atomic E-state index is -3.42. The molecule has 6 amide bonds. The number of carboxylic acids is 2. The summed E-state index contributed by atoms with van der Waals surface area (Å²) in [4.78, 5) is 96.1. The zero-order valence-corrected chi connectivity index (χ0v) is 15.9. The summed E-state index contributed by atoms with van der Waals surface area (Å²) in [6.07, 6.45) is -0.151. The molecule has 0 unspecified atom stereocenters. The lowest BCUT2D eigenvalue weighted by molar-refractivity contribution is -0.198. The van der Waals surface area contributed by atoms with Crippen molar-refractivity contribution in [3.05, 3.63) is 0 Å². The molecule has 0 saturated carbocycles. The number of rotatable bonds is 9. The van der Waals surface area contributed by atoms with Gasteiger partial charge in [0.1, 0.15) is 0 Å². The number of carbonyl (C=O) groups excluding carboxylic acids is 6. The summed E-state index contributed by atoms with van der Waals surface area (Å²) >= 11 is 0. The van der Waals surface area contributed by atoms with Crippen LogP contribution in [0.5, 0.6) is 0 Å². The van der Waals surface area contributed by atoms with E-state index in [0.717, 1.165) is 7.05 Å². The first-order valence-electron chi connectivity index (χ1n) is 8.65. The molecule has 0 aromatic heterocycles. The average molecular weight is 426 g/mol. The number of hydrogen-bond donors (Lipinski definition) is 4. The number of nitrogens with zero attached hydrogens (tertiary/aromatic N) is 2. The van der Waals surface area contributed by atoms with Gasteiger partial charge in [-0.05, 0) is 13.3 Å². The van der Waals surface area contributed by atoms with Crippen molar-refractivity contribution in [2.45, 2.75) is 13.3 Å². The van der Waals surface area contributed by atoms with Crippen LogP contribution in [-0.2, 0) is 38.4 Å². The summed E-state index contributed by atoms with van der Waals surface area (Å²) in [6.45, 7) is 0.556. The predicted octanol–water partition coefficient (Wildman–Crippen LogP) is -3.86. The normalized spacial score (nSPS) is 17.4. The molecule has 2 fully saturated rings. The van der Waals surface area contributed by atoms with Crippen LogP contribution < -0.4 is 10.6 Å². The van der Waals surface area contributed by atoms with Crippen LogP contribution in [0.1, 0.15) is 13.3 Å². The minimum Gasteiger partial charge on any atom is -0.480 e. The van der Waals surface area contributed by atoms with Gasteiger partial charge in [0, 0.05) is 26.7 Å². The van der Waals surface area contributed by atoms with Crippen LogP contribution >= 0.6 is 0 Å². The number of hydrogen-bond acceptors (Lipinski definition) is 8. The van der Waals surface area contributed by atoms with Gasteiger partial charge in [-0.25, -0.2) is 9.59 Å². The van der Waals surface area contributed by atoms with E-state index in [1.54, 1.807) is 0 Å². The molecule has 14 heteroatoms. The van der Waals surface area contributed by atoms with Crippen molar-refractivity contribution in [1.82, 2.24) is 20.4 Å². The molecule has 0 bridgehead atoms. The molecule has 4 N–H and O–H groups in total. The first kappa shape index (κ1) is 22.4. The molecular weight excluding hydrogens is 408 g/mol. The van der Waals surface area contributed by atoms with Gasteiger partial charge in [0.15, 0.2) is 0 Å². The van der Waals surface area contributed by atoms with Gasteiger partial charge in [-0.3, -0.25) is 38.6 Å². The van der Waals surface area contributed by atoms with Gasteiger partial charge >= 0.3 is 17.4 Å². The van der Waals surface area contributed by atoms with Crippen LogP contribution in [0, 0.1) is 10.8 Å². The second-order valence-corrected chi connectivity index (χ2v) is 6.51. The van der Waals surface area contributed by atoms with Gasteiger partial charge < -0.3 is 20.8 Å². The number of β-lactam (4-membered cyclic amide) rings is 4. The lowest BCUT2D eigenvalue weighted by Crippen LogP contribution is -2.83. The van der Waals surface area contributed by atoms with Gasteiger partial charge in [0.2, 0.25) is 0 Å². The zero-order chi connectivity index (χ0) is 23.0. The maximum absolute atomic E-state index is 12.2. The molecule has 162 valence electrons. The molecule has 2 saturated heterocycles. The van der Waals surface area contributed by atoms with Crippen molar-refractivity contribution in [3.63, 3.8) is 0 Å². The molecule has 2 aliphatic rings. The van der Waals surface area contributed by atoms with E-state index in [2.05, 4.69) is 0 Å². The topological polar surface area (TPSA) is 208 Å². The van der Waals surface area contributed by atoms with Crippen LogP contribution in [0.25, 0.3) is 0 Å². The van der Waals surface area contributed by atoms with E-state index in [-0.39, 0.29) is 19.5 Å². The Hall–Kier alpha value is -3.84. The fourth-order valence-electron chi connectivity index (χ4n) is 3.19. The summed E-state index contributed by atoms with van der Waals surface area (Å²) in [6, 6.07) is 0. The summed E-state index contributed by atoms with van der Waals surface area (Å²) in [7, 11) is 1.13. The zero-order valence-electron chi connectivity index (χ0n) is 15.9. The second kappa shape index (κ2) is 7.53. The highest BCUT2D eigenvalue weighted by Gasteiger charge is 2.79. The van der Waals surface area contributed by atoms with Crippen molar-refractivity contribution in [1.29, 1.82) is 0 Å². The van der Waals surface area contributed by atoms with Crippen LogP contribution in [-0.4, -0.2) is 94.1 Å². The number of carbonyl (C=O) groups is 8. The molecule has 2 heterocycles.